The average molecular weight is 431 g/mol. The second-order valence-electron chi connectivity index (χ2n) is 7.33. The molecule has 0 spiro atoms. The second kappa shape index (κ2) is 7.05. The summed E-state index contributed by atoms with van der Waals surface area (Å²) in [5.41, 5.74) is 3.89. The zero-order valence-corrected chi connectivity index (χ0v) is 17.4. The van der Waals surface area contributed by atoms with Gasteiger partial charge in [-0.1, -0.05) is 11.2 Å². The molecule has 3 heterocycles. The number of aromatic nitrogens is 4. The van der Waals surface area contributed by atoms with Gasteiger partial charge in [0.1, 0.15) is 11.5 Å². The summed E-state index contributed by atoms with van der Waals surface area (Å²) in [6.45, 7) is 3.71. The Morgan fingerprint density at radius 3 is 2.69 bits per heavy atom. The summed E-state index contributed by atoms with van der Waals surface area (Å²) in [4.78, 5) is 31.0. The van der Waals surface area contributed by atoms with E-state index >= 15 is 0 Å². The van der Waals surface area contributed by atoms with Gasteiger partial charge in [-0.15, -0.1) is 0 Å². The Morgan fingerprint density at radius 2 is 2.00 bits per heavy atom. The van der Waals surface area contributed by atoms with Gasteiger partial charge in [0.15, 0.2) is 0 Å². The zero-order chi connectivity index (χ0) is 22.6. The molecule has 0 saturated heterocycles. The molecule has 5 rings (SSSR count). The van der Waals surface area contributed by atoms with E-state index < -0.39 is 10.6 Å². The first-order chi connectivity index (χ1) is 15.4. The predicted octanol–water partition coefficient (Wildman–Crippen LogP) is 4.06. The number of nitro groups is 1. The van der Waals surface area contributed by atoms with Crippen molar-refractivity contribution in [1.29, 1.82) is 0 Å². The van der Waals surface area contributed by atoms with Crippen molar-refractivity contribution in [2.24, 2.45) is 0 Å². The molecule has 1 N–H and O–H groups in total. The van der Waals surface area contributed by atoms with Gasteiger partial charge < -0.3 is 14.2 Å². The first-order valence-corrected chi connectivity index (χ1v) is 9.68. The SMILES string of the molecule is COc1ccc([N+](=O)[O-])cc1-n1c(=O)[nH]c2cnc3cc(-c4c(C)noc4C)ccc3c21. The number of nitro benzene ring substituents is 1. The molecule has 3 aromatic heterocycles. The zero-order valence-electron chi connectivity index (χ0n) is 17.4. The molecule has 0 fully saturated rings. The van der Waals surface area contributed by atoms with Crippen LogP contribution in [0, 0.1) is 24.0 Å². The summed E-state index contributed by atoms with van der Waals surface area (Å²) in [7, 11) is 1.44. The molecule has 0 atom stereocenters. The van der Waals surface area contributed by atoms with Crippen LogP contribution in [0.25, 0.3) is 38.8 Å². The van der Waals surface area contributed by atoms with Crippen LogP contribution >= 0.6 is 0 Å². The smallest absolute Gasteiger partial charge is 0.331 e. The fourth-order valence-electron chi connectivity index (χ4n) is 4.03. The molecule has 10 heteroatoms. The molecule has 10 nitrogen and oxygen atoms in total. The van der Waals surface area contributed by atoms with Crippen molar-refractivity contribution in [3.05, 3.63) is 74.6 Å². The minimum atomic E-state index is -0.516. The van der Waals surface area contributed by atoms with Gasteiger partial charge in [0.25, 0.3) is 5.69 Å². The lowest BCUT2D eigenvalue weighted by Crippen LogP contribution is -2.15. The van der Waals surface area contributed by atoms with E-state index in [1.807, 2.05) is 32.0 Å². The molecular weight excluding hydrogens is 414 g/mol. The van der Waals surface area contributed by atoms with Crippen LogP contribution < -0.4 is 10.4 Å². The van der Waals surface area contributed by atoms with Crippen molar-refractivity contribution < 1.29 is 14.2 Å². The Balaban J connectivity index is 1.82. The van der Waals surface area contributed by atoms with E-state index in [-0.39, 0.29) is 11.4 Å². The number of H-pyrrole nitrogens is 1. The van der Waals surface area contributed by atoms with Gasteiger partial charge in [-0.2, -0.15) is 0 Å². The molecule has 0 radical (unpaired) electrons. The summed E-state index contributed by atoms with van der Waals surface area (Å²) >= 11 is 0. The number of rotatable bonds is 4. The molecule has 2 aromatic carbocycles. The Bertz CT molecular complexity index is 1570. The third-order valence-corrected chi connectivity index (χ3v) is 5.45. The van der Waals surface area contributed by atoms with Crippen LogP contribution in [0.3, 0.4) is 0 Å². The van der Waals surface area contributed by atoms with Crippen LogP contribution in [-0.4, -0.2) is 31.7 Å². The summed E-state index contributed by atoms with van der Waals surface area (Å²) < 4.78 is 12.0. The molecule has 32 heavy (non-hydrogen) atoms. The highest BCUT2D eigenvalue weighted by Crippen LogP contribution is 2.34. The van der Waals surface area contributed by atoms with E-state index in [1.165, 1.54) is 29.9 Å². The average Bonchev–Trinajstić information content (AvgIpc) is 3.30. The first-order valence-electron chi connectivity index (χ1n) is 9.68. The Hall–Kier alpha value is -4.47. The van der Waals surface area contributed by atoms with Crippen LogP contribution in [-0.2, 0) is 0 Å². The normalized spacial score (nSPS) is 11.3. The fourth-order valence-corrected chi connectivity index (χ4v) is 4.03. The quantitative estimate of drug-likeness (QED) is 0.336. The Morgan fingerprint density at radius 1 is 1.19 bits per heavy atom. The molecular formula is C22H17N5O5. The number of fused-ring (bicyclic) bond motifs is 3. The largest absolute Gasteiger partial charge is 0.495 e. The fraction of sp³-hybridized carbons (Fsp3) is 0.136. The van der Waals surface area contributed by atoms with Crippen molar-refractivity contribution in [2.75, 3.05) is 7.11 Å². The van der Waals surface area contributed by atoms with E-state index in [0.29, 0.717) is 33.4 Å². The van der Waals surface area contributed by atoms with Gasteiger partial charge in [0.2, 0.25) is 0 Å². The van der Waals surface area contributed by atoms with E-state index in [0.717, 1.165) is 16.8 Å². The first kappa shape index (κ1) is 19.5. The minimum absolute atomic E-state index is 0.152. The number of pyridine rings is 1. The lowest BCUT2D eigenvalue weighted by molar-refractivity contribution is -0.384. The van der Waals surface area contributed by atoms with Crippen LogP contribution in [0.15, 0.2) is 51.9 Å². The standard InChI is InChI=1S/C22H17N5O5/c1-11-20(12(2)32-25-11)13-4-6-15-16(8-13)23-10-17-21(15)26(22(28)24-17)18-9-14(27(29)30)5-7-19(18)31-3/h4-10H,1-3H3,(H,24,28). The highest BCUT2D eigenvalue weighted by Gasteiger charge is 2.20. The maximum absolute atomic E-state index is 12.9. The maximum Gasteiger partial charge on any atom is 0.331 e. The Labute approximate surface area is 180 Å². The second-order valence-corrected chi connectivity index (χ2v) is 7.33. The molecule has 0 aliphatic carbocycles. The van der Waals surface area contributed by atoms with Gasteiger partial charge in [-0.3, -0.25) is 19.7 Å². The molecule has 0 aliphatic rings. The lowest BCUT2D eigenvalue weighted by Gasteiger charge is -2.11. The van der Waals surface area contributed by atoms with Gasteiger partial charge in [-0.05, 0) is 37.6 Å². The number of methoxy groups -OCH3 is 1. The molecule has 0 saturated carbocycles. The summed E-state index contributed by atoms with van der Waals surface area (Å²) in [5, 5.41) is 16.0. The van der Waals surface area contributed by atoms with Crippen molar-refractivity contribution in [1.82, 2.24) is 19.7 Å². The molecule has 0 bridgehead atoms. The predicted molar refractivity (Wildman–Crippen MR) is 117 cm³/mol. The van der Waals surface area contributed by atoms with Gasteiger partial charge >= 0.3 is 5.69 Å². The topological polar surface area (TPSA) is 129 Å². The third-order valence-electron chi connectivity index (χ3n) is 5.45. The number of non-ortho nitro benzene ring substituents is 1. The summed E-state index contributed by atoms with van der Waals surface area (Å²) in [5.74, 6) is 1.03. The Kier molecular flexibility index (Phi) is 4.29. The van der Waals surface area contributed by atoms with E-state index in [2.05, 4.69) is 15.1 Å². The highest BCUT2D eigenvalue weighted by molar-refractivity contribution is 6.04. The number of benzene rings is 2. The highest BCUT2D eigenvalue weighted by atomic mass is 16.6. The van der Waals surface area contributed by atoms with Gasteiger partial charge in [0.05, 0.1) is 46.2 Å². The van der Waals surface area contributed by atoms with Crippen LogP contribution in [0.5, 0.6) is 5.75 Å². The van der Waals surface area contributed by atoms with Crippen molar-refractivity contribution in [2.45, 2.75) is 13.8 Å². The number of hydrogen-bond donors (Lipinski definition) is 1. The molecule has 0 unspecified atom stereocenters. The number of nitrogens with zero attached hydrogens (tertiary/aromatic N) is 4. The third kappa shape index (κ3) is 2.84. The number of ether oxygens (including phenoxy) is 1. The summed E-state index contributed by atoms with van der Waals surface area (Å²) in [6.07, 6.45) is 1.57. The molecule has 0 aliphatic heterocycles. The number of nitrogens with one attached hydrogen (secondary N) is 1. The summed E-state index contributed by atoms with van der Waals surface area (Å²) in [6, 6.07) is 9.78. The monoisotopic (exact) mass is 431 g/mol. The lowest BCUT2D eigenvalue weighted by atomic mass is 10.0. The van der Waals surface area contributed by atoms with Crippen molar-refractivity contribution in [3.63, 3.8) is 0 Å². The van der Waals surface area contributed by atoms with Gasteiger partial charge in [0, 0.05) is 23.1 Å². The van der Waals surface area contributed by atoms with Crippen LogP contribution in [0.4, 0.5) is 5.69 Å². The van der Waals surface area contributed by atoms with Crippen LogP contribution in [0.2, 0.25) is 0 Å². The van der Waals surface area contributed by atoms with Crippen molar-refractivity contribution in [3.8, 4) is 22.6 Å². The number of imidazole rings is 1. The van der Waals surface area contributed by atoms with Crippen LogP contribution in [0.1, 0.15) is 11.5 Å². The maximum atomic E-state index is 12.9. The minimum Gasteiger partial charge on any atom is -0.495 e. The van der Waals surface area contributed by atoms with Crippen molar-refractivity contribution >= 4 is 27.6 Å². The molecule has 5 aromatic rings. The van der Waals surface area contributed by atoms with E-state index in [4.69, 9.17) is 9.26 Å². The van der Waals surface area contributed by atoms with E-state index in [9.17, 15) is 14.9 Å². The molecule has 0 amide bonds. The number of aryl methyl sites for hydroxylation is 2. The number of hydrogen-bond acceptors (Lipinski definition) is 7. The van der Waals surface area contributed by atoms with Gasteiger partial charge in [-0.25, -0.2) is 4.79 Å². The van der Waals surface area contributed by atoms with E-state index in [1.54, 1.807) is 6.20 Å². The molecule has 160 valence electrons. The number of aromatic amines is 1.